The van der Waals surface area contributed by atoms with Crippen molar-refractivity contribution in [2.75, 3.05) is 52.5 Å². The number of carbonyl (C=O) groups is 6. The van der Waals surface area contributed by atoms with Gasteiger partial charge < -0.3 is 39.9 Å². The van der Waals surface area contributed by atoms with Gasteiger partial charge in [0, 0.05) is 45.2 Å². The van der Waals surface area contributed by atoms with Crippen LogP contribution in [0, 0.1) is 5.82 Å². The summed E-state index contributed by atoms with van der Waals surface area (Å²) in [5.41, 5.74) is -0.211. The fraction of sp³-hybridized carbons (Fsp3) is 0.516. The maximum Gasteiger partial charge on any atom is 0.409 e. The molecule has 4 rings (SSSR count). The molecule has 19 heteroatoms. The molecular weight excluding hydrogens is 671 g/mol. The smallest absolute Gasteiger partial charge is 0.409 e. The van der Waals surface area contributed by atoms with E-state index in [0.717, 1.165) is 16.8 Å². The fourth-order valence-corrected chi connectivity index (χ4v) is 5.52. The summed E-state index contributed by atoms with van der Waals surface area (Å²) in [6.45, 7) is 1.07. The number of rotatable bonds is 14. The summed E-state index contributed by atoms with van der Waals surface area (Å²) in [6, 6.07) is 3.95. The Bertz CT molecular complexity index is 1570. The second-order valence-corrected chi connectivity index (χ2v) is 11.4. The molecule has 1 aromatic carbocycles. The molecule has 2 aromatic rings. The Morgan fingerprint density at radius 3 is 2.42 bits per heavy atom. The van der Waals surface area contributed by atoms with Crippen molar-refractivity contribution in [2.45, 2.75) is 51.1 Å². The van der Waals surface area contributed by atoms with Crippen LogP contribution in [0.5, 0.6) is 5.88 Å². The van der Waals surface area contributed by atoms with Crippen LogP contribution in [0.1, 0.15) is 43.1 Å². The Balaban J connectivity index is 1.50. The van der Waals surface area contributed by atoms with Gasteiger partial charge in [0.25, 0.3) is 18.2 Å². The fourth-order valence-electron chi connectivity index (χ4n) is 5.52. The standard InChI is InChI=1S/C31H38F3N7O9/c1-2-49-31(48)39-13-11-38(12-14-39)30(47)21(8-9-27(43)44)36-28(45)22-16-26(41(37-22)20-6-3-5-19(32)15-20)50-18-25(42)40-10-4-7-23(40)29(46)35-17-24(33)34/h3,5-6,15-16,21,23-24H,2,4,7-14,17-18H2,1H3,(H,35,46)(H,36,45)(H,43,44)/t21?,23-/m0/s1. The minimum Gasteiger partial charge on any atom is -0.481 e. The third kappa shape index (κ3) is 9.85. The summed E-state index contributed by atoms with van der Waals surface area (Å²) in [5.74, 6) is -4.90. The maximum atomic E-state index is 14.2. The lowest BCUT2D eigenvalue weighted by Crippen LogP contribution is -2.56. The zero-order valence-corrected chi connectivity index (χ0v) is 27.2. The van der Waals surface area contributed by atoms with Crippen LogP contribution in [0.3, 0.4) is 0 Å². The normalized spacial score (nSPS) is 16.6. The summed E-state index contributed by atoms with van der Waals surface area (Å²) in [6.07, 6.45) is -3.29. The minimum atomic E-state index is -2.76. The summed E-state index contributed by atoms with van der Waals surface area (Å²) >= 11 is 0. The van der Waals surface area contributed by atoms with Crippen molar-refractivity contribution in [3.05, 3.63) is 41.8 Å². The molecule has 2 saturated heterocycles. The molecule has 0 bridgehead atoms. The highest BCUT2D eigenvalue weighted by atomic mass is 19.3. The van der Waals surface area contributed by atoms with Crippen molar-refractivity contribution in [3.8, 4) is 11.6 Å². The molecule has 1 aromatic heterocycles. The van der Waals surface area contributed by atoms with E-state index >= 15 is 0 Å². The highest BCUT2D eigenvalue weighted by Gasteiger charge is 2.35. The quantitative estimate of drug-likeness (QED) is 0.255. The van der Waals surface area contributed by atoms with Crippen molar-refractivity contribution in [1.82, 2.24) is 35.1 Å². The summed E-state index contributed by atoms with van der Waals surface area (Å²) in [5, 5.41) is 18.1. The molecule has 0 spiro atoms. The van der Waals surface area contributed by atoms with Crippen LogP contribution < -0.4 is 15.4 Å². The average Bonchev–Trinajstić information content (AvgIpc) is 3.76. The molecule has 16 nitrogen and oxygen atoms in total. The van der Waals surface area contributed by atoms with Gasteiger partial charge in [-0.3, -0.25) is 24.0 Å². The van der Waals surface area contributed by atoms with E-state index in [1.807, 2.05) is 0 Å². The van der Waals surface area contributed by atoms with Gasteiger partial charge in [0.1, 0.15) is 17.9 Å². The van der Waals surface area contributed by atoms with E-state index in [0.29, 0.717) is 6.42 Å². The molecule has 272 valence electrons. The number of hydrogen-bond donors (Lipinski definition) is 3. The zero-order chi connectivity index (χ0) is 36.4. The third-order valence-electron chi connectivity index (χ3n) is 7.98. The van der Waals surface area contributed by atoms with Crippen LogP contribution in [0.2, 0.25) is 0 Å². The largest absolute Gasteiger partial charge is 0.481 e. The Labute approximate surface area is 284 Å². The van der Waals surface area contributed by atoms with E-state index in [4.69, 9.17) is 9.47 Å². The van der Waals surface area contributed by atoms with Gasteiger partial charge in [0.2, 0.25) is 17.7 Å². The first-order chi connectivity index (χ1) is 23.9. The highest BCUT2D eigenvalue weighted by Crippen LogP contribution is 2.23. The summed E-state index contributed by atoms with van der Waals surface area (Å²) in [4.78, 5) is 79.9. The molecule has 2 aliphatic heterocycles. The number of ether oxygens (including phenoxy) is 2. The van der Waals surface area contributed by atoms with E-state index in [1.54, 1.807) is 6.92 Å². The first kappa shape index (κ1) is 37.5. The Kier molecular flexibility index (Phi) is 13.0. The van der Waals surface area contributed by atoms with Crippen LogP contribution in [-0.4, -0.2) is 136 Å². The molecule has 3 N–H and O–H groups in total. The first-order valence-corrected chi connectivity index (χ1v) is 15.9. The van der Waals surface area contributed by atoms with E-state index in [-0.39, 0.29) is 69.4 Å². The van der Waals surface area contributed by atoms with Crippen molar-refractivity contribution in [1.29, 1.82) is 0 Å². The second kappa shape index (κ2) is 17.3. The van der Waals surface area contributed by atoms with Crippen LogP contribution in [0.4, 0.5) is 18.0 Å². The van der Waals surface area contributed by atoms with Crippen LogP contribution in [0.15, 0.2) is 30.3 Å². The van der Waals surface area contributed by atoms with Gasteiger partial charge in [-0.15, -0.1) is 0 Å². The van der Waals surface area contributed by atoms with Gasteiger partial charge >= 0.3 is 12.1 Å². The highest BCUT2D eigenvalue weighted by molar-refractivity contribution is 5.96. The lowest BCUT2D eigenvalue weighted by atomic mass is 10.1. The number of benzene rings is 1. The van der Waals surface area contributed by atoms with E-state index in [9.17, 15) is 47.0 Å². The molecule has 5 amide bonds. The molecule has 2 fully saturated rings. The predicted molar refractivity (Wildman–Crippen MR) is 166 cm³/mol. The van der Waals surface area contributed by atoms with Gasteiger partial charge in [-0.2, -0.15) is 5.10 Å². The van der Waals surface area contributed by atoms with Crippen molar-refractivity contribution < 1.29 is 56.5 Å². The molecule has 3 heterocycles. The number of aromatic nitrogens is 2. The predicted octanol–water partition coefficient (Wildman–Crippen LogP) is 1.03. The van der Waals surface area contributed by atoms with Crippen molar-refractivity contribution >= 4 is 35.7 Å². The maximum absolute atomic E-state index is 14.2. The average molecular weight is 710 g/mol. The lowest BCUT2D eigenvalue weighted by molar-refractivity contribution is -0.140. The topological polar surface area (TPSA) is 193 Å². The molecule has 0 saturated carbocycles. The van der Waals surface area contributed by atoms with E-state index in [1.165, 1.54) is 32.9 Å². The van der Waals surface area contributed by atoms with E-state index in [2.05, 4.69) is 15.7 Å². The molecule has 1 unspecified atom stereocenters. The molecule has 0 aliphatic carbocycles. The minimum absolute atomic E-state index is 0.106. The van der Waals surface area contributed by atoms with Crippen molar-refractivity contribution in [2.24, 2.45) is 0 Å². The number of amides is 5. The molecule has 0 radical (unpaired) electrons. The number of aliphatic carboxylic acids is 1. The first-order valence-electron chi connectivity index (χ1n) is 15.9. The number of nitrogens with zero attached hydrogens (tertiary/aromatic N) is 5. The van der Waals surface area contributed by atoms with Crippen LogP contribution >= 0.6 is 0 Å². The second-order valence-electron chi connectivity index (χ2n) is 11.4. The van der Waals surface area contributed by atoms with Gasteiger partial charge in [-0.1, -0.05) is 6.07 Å². The number of halogens is 3. The lowest BCUT2D eigenvalue weighted by Gasteiger charge is -2.35. The van der Waals surface area contributed by atoms with Crippen molar-refractivity contribution in [3.63, 3.8) is 0 Å². The number of piperazine rings is 1. The molecule has 2 atom stereocenters. The number of likely N-dealkylation sites (tertiary alicyclic amines) is 1. The van der Waals surface area contributed by atoms with E-state index < -0.39 is 79.6 Å². The Morgan fingerprint density at radius 1 is 1.04 bits per heavy atom. The van der Waals surface area contributed by atoms with Gasteiger partial charge in [0.15, 0.2) is 12.3 Å². The monoisotopic (exact) mass is 709 g/mol. The Morgan fingerprint density at radius 2 is 1.76 bits per heavy atom. The Hall–Kier alpha value is -5.36. The number of hydrogen-bond acceptors (Lipinski definition) is 9. The van der Waals surface area contributed by atoms with Gasteiger partial charge in [0.05, 0.1) is 18.8 Å². The number of carboxylic acids is 1. The summed E-state index contributed by atoms with van der Waals surface area (Å²) in [7, 11) is 0. The third-order valence-corrected chi connectivity index (χ3v) is 7.98. The number of carboxylic acid groups (broad SMARTS) is 1. The zero-order valence-electron chi connectivity index (χ0n) is 27.2. The molecular formula is C31H38F3N7O9. The van der Waals surface area contributed by atoms with Crippen LogP contribution in [-0.2, 0) is 23.9 Å². The van der Waals surface area contributed by atoms with Gasteiger partial charge in [-0.05, 0) is 44.4 Å². The van der Waals surface area contributed by atoms with Crippen LogP contribution in [0.25, 0.3) is 5.69 Å². The number of nitrogens with one attached hydrogen (secondary N) is 2. The summed E-state index contributed by atoms with van der Waals surface area (Å²) < 4.78 is 51.1. The molecule has 50 heavy (non-hydrogen) atoms. The molecule has 2 aliphatic rings. The number of alkyl halides is 2. The SMILES string of the molecule is CCOC(=O)N1CCN(C(=O)C(CCC(=O)O)NC(=O)c2cc(OCC(=O)N3CCC[C@H]3C(=O)NCC(F)F)n(-c3cccc(F)c3)n2)CC1. The van der Waals surface area contributed by atoms with Gasteiger partial charge in [-0.25, -0.2) is 22.6 Å². The number of carbonyl (C=O) groups excluding carboxylic acids is 5.